The van der Waals surface area contributed by atoms with Crippen LogP contribution in [0.4, 0.5) is 5.13 Å². The molecule has 1 aromatic carbocycles. The van der Waals surface area contributed by atoms with Crippen molar-refractivity contribution in [1.29, 1.82) is 0 Å². The first-order valence-electron chi connectivity index (χ1n) is 5.69. The number of anilines is 1. The van der Waals surface area contributed by atoms with E-state index in [2.05, 4.69) is 32.9 Å². The lowest BCUT2D eigenvalue weighted by Crippen LogP contribution is -2.14. The van der Waals surface area contributed by atoms with Gasteiger partial charge in [0.2, 0.25) is 5.91 Å². The summed E-state index contributed by atoms with van der Waals surface area (Å²) < 4.78 is 1.16. The third-order valence-corrected chi connectivity index (χ3v) is 4.59. The summed E-state index contributed by atoms with van der Waals surface area (Å²) in [5, 5.41) is 5.07. The molecule has 1 heterocycles. The van der Waals surface area contributed by atoms with Gasteiger partial charge < -0.3 is 5.32 Å². The Morgan fingerprint density at radius 1 is 1.35 bits per heavy atom. The third kappa shape index (κ3) is 4.57. The maximum Gasteiger partial charge on any atom is 0.236 e. The third-order valence-electron chi connectivity index (χ3n) is 2.30. The van der Waals surface area contributed by atoms with Crippen molar-refractivity contribution < 1.29 is 9.59 Å². The Labute approximate surface area is 138 Å². The fourth-order valence-electron chi connectivity index (χ4n) is 1.41. The van der Waals surface area contributed by atoms with Gasteiger partial charge in [-0.3, -0.25) is 9.59 Å². The predicted octanol–water partition coefficient (Wildman–Crippen LogP) is 3.63. The fraction of sp³-hybridized carbons (Fsp3) is 0.154. The summed E-state index contributed by atoms with van der Waals surface area (Å²) in [7, 11) is 0. The van der Waals surface area contributed by atoms with Crippen molar-refractivity contribution in [2.75, 3.05) is 11.1 Å². The van der Waals surface area contributed by atoms with Crippen LogP contribution < -0.4 is 5.32 Å². The SMILES string of the molecule is CC(=O)SCC(=O)Nc1nc(-c2ccc(I)cc2)cs1. The van der Waals surface area contributed by atoms with Crippen LogP contribution in [0.1, 0.15) is 6.92 Å². The molecular formula is C13H11IN2O2S2. The zero-order chi connectivity index (χ0) is 14.5. The fourth-order valence-corrected chi connectivity index (χ4v) is 2.91. The molecule has 1 amide bonds. The Kier molecular flexibility index (Phi) is 5.55. The van der Waals surface area contributed by atoms with Gasteiger partial charge in [0.05, 0.1) is 11.4 Å². The number of halogens is 1. The first-order valence-corrected chi connectivity index (χ1v) is 8.63. The maximum absolute atomic E-state index is 11.6. The van der Waals surface area contributed by atoms with E-state index in [9.17, 15) is 9.59 Å². The molecule has 0 aliphatic rings. The molecule has 0 atom stereocenters. The molecule has 1 aromatic heterocycles. The molecule has 2 rings (SSSR count). The Bertz CT molecular complexity index is 626. The van der Waals surface area contributed by atoms with Crippen LogP contribution in [0.2, 0.25) is 0 Å². The predicted molar refractivity (Wildman–Crippen MR) is 92.0 cm³/mol. The first kappa shape index (κ1) is 15.5. The van der Waals surface area contributed by atoms with Gasteiger partial charge in [0.25, 0.3) is 0 Å². The molecule has 2 aromatic rings. The molecule has 0 aliphatic carbocycles. The quantitative estimate of drug-likeness (QED) is 0.771. The highest BCUT2D eigenvalue weighted by atomic mass is 127. The van der Waals surface area contributed by atoms with E-state index in [0.29, 0.717) is 5.13 Å². The number of thiazole rings is 1. The second-order valence-corrected chi connectivity index (χ2v) is 7.13. The summed E-state index contributed by atoms with van der Waals surface area (Å²) in [5.41, 5.74) is 1.85. The molecule has 0 aliphatic heterocycles. The minimum Gasteiger partial charge on any atom is -0.301 e. The minimum absolute atomic E-state index is 0.0705. The van der Waals surface area contributed by atoms with Crippen LogP contribution in [0.3, 0.4) is 0 Å². The number of hydrogen-bond donors (Lipinski definition) is 1. The Morgan fingerprint density at radius 2 is 2.05 bits per heavy atom. The van der Waals surface area contributed by atoms with E-state index in [-0.39, 0.29) is 16.8 Å². The van der Waals surface area contributed by atoms with Crippen LogP contribution in [-0.4, -0.2) is 21.8 Å². The van der Waals surface area contributed by atoms with E-state index in [4.69, 9.17) is 0 Å². The second-order valence-electron chi connectivity index (χ2n) is 3.87. The van der Waals surface area contributed by atoms with Gasteiger partial charge in [-0.2, -0.15) is 0 Å². The van der Waals surface area contributed by atoms with Crippen LogP contribution in [0, 0.1) is 3.57 Å². The molecule has 0 spiro atoms. The van der Waals surface area contributed by atoms with Gasteiger partial charge in [0, 0.05) is 21.4 Å². The zero-order valence-electron chi connectivity index (χ0n) is 10.6. The number of nitrogens with one attached hydrogen (secondary N) is 1. The standard InChI is InChI=1S/C13H11IN2O2S2/c1-8(17)19-7-12(18)16-13-15-11(6-20-13)9-2-4-10(14)5-3-9/h2-6H,7H2,1H3,(H,15,16,18). The van der Waals surface area contributed by atoms with E-state index in [1.165, 1.54) is 18.3 Å². The summed E-state index contributed by atoms with van der Waals surface area (Å²) in [4.78, 5) is 26.7. The van der Waals surface area contributed by atoms with Crippen LogP contribution in [0.25, 0.3) is 11.3 Å². The smallest absolute Gasteiger partial charge is 0.236 e. The Hall–Kier alpha value is -0.930. The topological polar surface area (TPSA) is 59.1 Å². The molecule has 0 saturated carbocycles. The van der Waals surface area contributed by atoms with Crippen molar-refractivity contribution in [3.8, 4) is 11.3 Å². The van der Waals surface area contributed by atoms with Crippen molar-refractivity contribution in [2.45, 2.75) is 6.92 Å². The lowest BCUT2D eigenvalue weighted by molar-refractivity contribution is -0.114. The van der Waals surface area contributed by atoms with Crippen LogP contribution >= 0.6 is 45.7 Å². The summed E-state index contributed by atoms with van der Waals surface area (Å²) in [6.45, 7) is 1.44. The van der Waals surface area contributed by atoms with Crippen molar-refractivity contribution >= 4 is 61.8 Å². The summed E-state index contributed by atoms with van der Waals surface area (Å²) in [6, 6.07) is 8.01. The van der Waals surface area contributed by atoms with E-state index >= 15 is 0 Å². The number of carbonyl (C=O) groups is 2. The van der Waals surface area contributed by atoms with Gasteiger partial charge in [-0.25, -0.2) is 4.98 Å². The Morgan fingerprint density at radius 3 is 2.70 bits per heavy atom. The summed E-state index contributed by atoms with van der Waals surface area (Å²) in [5.74, 6) is -0.0953. The lowest BCUT2D eigenvalue weighted by Gasteiger charge is -1.99. The maximum atomic E-state index is 11.6. The molecule has 20 heavy (non-hydrogen) atoms. The number of amides is 1. The average Bonchev–Trinajstić information content (AvgIpc) is 2.85. The van der Waals surface area contributed by atoms with E-state index in [1.807, 2.05) is 29.6 Å². The normalized spacial score (nSPS) is 10.3. The van der Waals surface area contributed by atoms with Gasteiger partial charge >= 0.3 is 0 Å². The molecule has 0 fully saturated rings. The highest BCUT2D eigenvalue weighted by Crippen LogP contribution is 2.25. The van der Waals surface area contributed by atoms with Crippen LogP contribution in [0.15, 0.2) is 29.6 Å². The summed E-state index contributed by atoms with van der Waals surface area (Å²) in [6.07, 6.45) is 0. The van der Waals surface area contributed by atoms with Crippen LogP contribution in [-0.2, 0) is 9.59 Å². The lowest BCUT2D eigenvalue weighted by atomic mass is 10.2. The molecule has 0 radical (unpaired) electrons. The molecule has 1 N–H and O–H groups in total. The van der Waals surface area contributed by atoms with Crippen molar-refractivity contribution in [3.63, 3.8) is 0 Å². The number of thioether (sulfide) groups is 1. The Balaban J connectivity index is 2.00. The summed E-state index contributed by atoms with van der Waals surface area (Å²) >= 11 is 4.61. The number of benzene rings is 1. The highest BCUT2D eigenvalue weighted by Gasteiger charge is 2.09. The average molecular weight is 418 g/mol. The van der Waals surface area contributed by atoms with Crippen molar-refractivity contribution in [2.24, 2.45) is 0 Å². The van der Waals surface area contributed by atoms with E-state index in [0.717, 1.165) is 26.6 Å². The number of aromatic nitrogens is 1. The number of hydrogen-bond acceptors (Lipinski definition) is 5. The zero-order valence-corrected chi connectivity index (χ0v) is 14.3. The molecule has 104 valence electrons. The molecule has 0 bridgehead atoms. The van der Waals surface area contributed by atoms with Crippen LogP contribution in [0.5, 0.6) is 0 Å². The van der Waals surface area contributed by atoms with Gasteiger partial charge in [-0.15, -0.1) is 11.3 Å². The van der Waals surface area contributed by atoms with Gasteiger partial charge in [-0.05, 0) is 34.7 Å². The van der Waals surface area contributed by atoms with Crippen molar-refractivity contribution in [3.05, 3.63) is 33.2 Å². The molecule has 0 saturated heterocycles. The molecule has 4 nitrogen and oxygen atoms in total. The van der Waals surface area contributed by atoms with Crippen molar-refractivity contribution in [1.82, 2.24) is 4.98 Å². The van der Waals surface area contributed by atoms with Gasteiger partial charge in [0.1, 0.15) is 0 Å². The molecular weight excluding hydrogens is 407 g/mol. The number of carbonyl (C=O) groups excluding carboxylic acids is 2. The van der Waals surface area contributed by atoms with E-state index in [1.54, 1.807) is 0 Å². The molecule has 0 unspecified atom stereocenters. The largest absolute Gasteiger partial charge is 0.301 e. The minimum atomic E-state index is -0.214. The number of nitrogens with zero attached hydrogens (tertiary/aromatic N) is 1. The molecule has 7 heteroatoms. The first-order chi connectivity index (χ1) is 9.54. The monoisotopic (exact) mass is 418 g/mol. The number of rotatable bonds is 4. The van der Waals surface area contributed by atoms with E-state index < -0.39 is 0 Å². The van der Waals surface area contributed by atoms with Gasteiger partial charge in [-0.1, -0.05) is 23.9 Å². The van der Waals surface area contributed by atoms with Gasteiger partial charge in [0.15, 0.2) is 10.2 Å². The highest BCUT2D eigenvalue weighted by molar-refractivity contribution is 14.1. The second kappa shape index (κ2) is 7.19.